The van der Waals surface area contributed by atoms with Gasteiger partial charge in [-0.1, -0.05) is 30.5 Å². The molecule has 0 radical (unpaired) electrons. The lowest BCUT2D eigenvalue weighted by Crippen LogP contribution is -2.08. The first kappa shape index (κ1) is 17.6. The molecule has 1 fully saturated rings. The first-order valence-electron chi connectivity index (χ1n) is 9.67. The van der Waals surface area contributed by atoms with Crippen molar-refractivity contribution in [2.24, 2.45) is 0 Å². The molecule has 1 saturated carbocycles. The SMILES string of the molecule is CCOC(=O)c1nnn(-c2ccnc3ccc(C4CCCCC4)cc23)c1C. The zero-order valence-electron chi connectivity index (χ0n) is 15.8. The van der Waals surface area contributed by atoms with E-state index in [1.54, 1.807) is 17.8 Å². The van der Waals surface area contributed by atoms with Gasteiger partial charge in [0.25, 0.3) is 0 Å². The van der Waals surface area contributed by atoms with E-state index in [-0.39, 0.29) is 5.69 Å². The van der Waals surface area contributed by atoms with Gasteiger partial charge in [-0.15, -0.1) is 5.10 Å². The smallest absolute Gasteiger partial charge is 0.360 e. The minimum absolute atomic E-state index is 0.255. The van der Waals surface area contributed by atoms with Gasteiger partial charge in [0.1, 0.15) is 0 Å². The molecule has 0 saturated heterocycles. The second kappa shape index (κ2) is 7.47. The fourth-order valence-electron chi connectivity index (χ4n) is 3.97. The second-order valence-corrected chi connectivity index (χ2v) is 7.10. The molecule has 0 spiro atoms. The highest BCUT2D eigenvalue weighted by Crippen LogP contribution is 2.34. The predicted molar refractivity (Wildman–Crippen MR) is 103 cm³/mol. The number of carbonyl (C=O) groups is 1. The van der Waals surface area contributed by atoms with Gasteiger partial charge in [-0.25, -0.2) is 9.48 Å². The molecule has 1 aromatic carbocycles. The number of nitrogens with zero attached hydrogens (tertiary/aromatic N) is 4. The molecule has 6 nitrogen and oxygen atoms in total. The van der Waals surface area contributed by atoms with E-state index in [0.29, 0.717) is 18.2 Å². The molecule has 6 heteroatoms. The van der Waals surface area contributed by atoms with Crippen molar-refractivity contribution in [3.63, 3.8) is 0 Å². The first-order valence-corrected chi connectivity index (χ1v) is 9.67. The third-order valence-electron chi connectivity index (χ3n) is 5.41. The van der Waals surface area contributed by atoms with Gasteiger partial charge in [0.15, 0.2) is 5.69 Å². The van der Waals surface area contributed by atoms with Crippen molar-refractivity contribution in [1.82, 2.24) is 20.0 Å². The Morgan fingerprint density at radius 2 is 2.04 bits per heavy atom. The zero-order valence-corrected chi connectivity index (χ0v) is 15.8. The number of benzene rings is 1. The lowest BCUT2D eigenvalue weighted by molar-refractivity contribution is 0.0518. The van der Waals surface area contributed by atoms with Crippen LogP contribution in [0.3, 0.4) is 0 Å². The van der Waals surface area contributed by atoms with Gasteiger partial charge in [0, 0.05) is 11.6 Å². The standard InChI is InChI=1S/C21H24N4O2/c1-3-27-21(26)20-14(2)25(24-23-20)19-11-12-22-18-10-9-16(13-17(18)19)15-7-5-4-6-8-15/h9-13,15H,3-8H2,1-2H3. The monoisotopic (exact) mass is 364 g/mol. The highest BCUT2D eigenvalue weighted by Gasteiger charge is 2.20. The third-order valence-corrected chi connectivity index (χ3v) is 5.41. The molecule has 1 aliphatic carbocycles. The van der Waals surface area contributed by atoms with Gasteiger partial charge >= 0.3 is 5.97 Å². The maximum atomic E-state index is 12.1. The molecule has 0 N–H and O–H groups in total. The van der Waals surface area contributed by atoms with Gasteiger partial charge in [0.2, 0.25) is 0 Å². The van der Waals surface area contributed by atoms with Crippen molar-refractivity contribution in [3.8, 4) is 5.69 Å². The predicted octanol–water partition coefficient (Wildman–Crippen LogP) is 4.35. The Labute approximate surface area is 158 Å². The van der Waals surface area contributed by atoms with Crippen LogP contribution in [0.25, 0.3) is 16.6 Å². The minimum Gasteiger partial charge on any atom is -0.461 e. The molecule has 4 rings (SSSR count). The Balaban J connectivity index is 1.78. The van der Waals surface area contributed by atoms with Crippen molar-refractivity contribution in [2.45, 2.75) is 51.9 Å². The number of hydrogen-bond donors (Lipinski definition) is 0. The topological polar surface area (TPSA) is 69.9 Å². The number of fused-ring (bicyclic) bond motifs is 1. The molecule has 140 valence electrons. The van der Waals surface area contributed by atoms with E-state index < -0.39 is 5.97 Å². The molecule has 2 heterocycles. The van der Waals surface area contributed by atoms with E-state index in [1.807, 2.05) is 13.0 Å². The fourth-order valence-corrected chi connectivity index (χ4v) is 3.97. The zero-order chi connectivity index (χ0) is 18.8. The van der Waals surface area contributed by atoms with Gasteiger partial charge in [-0.05, 0) is 56.4 Å². The summed E-state index contributed by atoms with van der Waals surface area (Å²) in [5.74, 6) is 0.172. The van der Waals surface area contributed by atoms with Crippen molar-refractivity contribution >= 4 is 16.9 Å². The Morgan fingerprint density at radius 1 is 1.22 bits per heavy atom. The summed E-state index contributed by atoms with van der Waals surface area (Å²) in [6, 6.07) is 8.44. The highest BCUT2D eigenvalue weighted by atomic mass is 16.5. The molecule has 0 unspecified atom stereocenters. The largest absolute Gasteiger partial charge is 0.461 e. The van der Waals surface area contributed by atoms with Crippen LogP contribution in [-0.2, 0) is 4.74 Å². The number of esters is 1. The molecule has 2 aromatic heterocycles. The second-order valence-electron chi connectivity index (χ2n) is 7.10. The van der Waals surface area contributed by atoms with Crippen LogP contribution in [0.1, 0.15) is 66.7 Å². The molecule has 0 aliphatic heterocycles. The van der Waals surface area contributed by atoms with Gasteiger partial charge in [-0.3, -0.25) is 4.98 Å². The van der Waals surface area contributed by atoms with Gasteiger partial charge in [-0.2, -0.15) is 0 Å². The van der Waals surface area contributed by atoms with Crippen LogP contribution in [0.4, 0.5) is 0 Å². The summed E-state index contributed by atoms with van der Waals surface area (Å²) >= 11 is 0. The van der Waals surface area contributed by atoms with Gasteiger partial charge in [0.05, 0.1) is 23.5 Å². The summed E-state index contributed by atoms with van der Waals surface area (Å²) < 4.78 is 6.79. The summed E-state index contributed by atoms with van der Waals surface area (Å²) in [4.78, 5) is 16.6. The number of pyridine rings is 1. The van der Waals surface area contributed by atoms with Crippen molar-refractivity contribution < 1.29 is 9.53 Å². The lowest BCUT2D eigenvalue weighted by Gasteiger charge is -2.22. The van der Waals surface area contributed by atoms with E-state index in [1.165, 1.54) is 37.7 Å². The van der Waals surface area contributed by atoms with Crippen molar-refractivity contribution in [3.05, 3.63) is 47.4 Å². The first-order chi connectivity index (χ1) is 13.2. The van der Waals surface area contributed by atoms with Crippen LogP contribution in [0.5, 0.6) is 0 Å². The van der Waals surface area contributed by atoms with Crippen molar-refractivity contribution in [2.75, 3.05) is 6.61 Å². The minimum atomic E-state index is -0.442. The Hall–Kier alpha value is -2.76. The number of hydrogen-bond acceptors (Lipinski definition) is 5. The maximum Gasteiger partial charge on any atom is 0.360 e. The van der Waals surface area contributed by atoms with E-state index in [9.17, 15) is 4.79 Å². The summed E-state index contributed by atoms with van der Waals surface area (Å²) in [5, 5.41) is 9.30. The summed E-state index contributed by atoms with van der Waals surface area (Å²) in [7, 11) is 0. The molecular formula is C21H24N4O2. The molecule has 3 aromatic rings. The lowest BCUT2D eigenvalue weighted by atomic mass is 9.83. The Bertz CT molecular complexity index is 973. The summed E-state index contributed by atoms with van der Waals surface area (Å²) in [6.45, 7) is 3.93. The molecule has 27 heavy (non-hydrogen) atoms. The van der Waals surface area contributed by atoms with Crippen LogP contribution < -0.4 is 0 Å². The number of aromatic nitrogens is 4. The van der Waals surface area contributed by atoms with Crippen LogP contribution in [0.2, 0.25) is 0 Å². The number of rotatable bonds is 4. The Morgan fingerprint density at radius 3 is 2.81 bits per heavy atom. The number of carbonyl (C=O) groups excluding carboxylic acids is 1. The quantitative estimate of drug-likeness (QED) is 0.644. The average molecular weight is 364 g/mol. The van der Waals surface area contributed by atoms with E-state index >= 15 is 0 Å². The van der Waals surface area contributed by atoms with Crippen molar-refractivity contribution in [1.29, 1.82) is 0 Å². The maximum absolute atomic E-state index is 12.1. The molecule has 1 aliphatic rings. The third kappa shape index (κ3) is 3.31. The normalized spacial score (nSPS) is 15.2. The van der Waals surface area contributed by atoms with Crippen LogP contribution >= 0.6 is 0 Å². The van der Waals surface area contributed by atoms with E-state index in [4.69, 9.17) is 4.74 Å². The van der Waals surface area contributed by atoms with Crippen LogP contribution in [0, 0.1) is 6.92 Å². The number of ether oxygens (including phenoxy) is 1. The summed E-state index contributed by atoms with van der Waals surface area (Å²) in [6.07, 6.45) is 8.20. The molecular weight excluding hydrogens is 340 g/mol. The average Bonchev–Trinajstić information content (AvgIpc) is 3.09. The van der Waals surface area contributed by atoms with Crippen LogP contribution in [-0.4, -0.2) is 32.6 Å². The van der Waals surface area contributed by atoms with E-state index in [0.717, 1.165) is 16.6 Å². The van der Waals surface area contributed by atoms with E-state index in [2.05, 4.69) is 33.5 Å². The highest BCUT2D eigenvalue weighted by molar-refractivity contribution is 5.90. The van der Waals surface area contributed by atoms with Gasteiger partial charge < -0.3 is 4.74 Å². The Kier molecular flexibility index (Phi) is 4.88. The fraction of sp³-hybridized carbons (Fsp3) is 0.429. The molecule has 0 atom stereocenters. The molecule has 0 bridgehead atoms. The van der Waals surface area contributed by atoms with Crippen LogP contribution in [0.15, 0.2) is 30.5 Å². The molecule has 0 amide bonds. The summed E-state index contributed by atoms with van der Waals surface area (Å²) in [5.41, 5.74) is 4.09.